The van der Waals surface area contributed by atoms with Gasteiger partial charge in [-0.15, -0.1) is 16.4 Å². The van der Waals surface area contributed by atoms with Crippen molar-refractivity contribution in [2.45, 2.75) is 0 Å². The molecule has 0 fully saturated rings. The molecule has 2 heterocycles. The maximum atomic E-state index is 13.1. The third-order valence-electron chi connectivity index (χ3n) is 2.96. The van der Waals surface area contributed by atoms with E-state index >= 15 is 0 Å². The van der Waals surface area contributed by atoms with Crippen LogP contribution in [0.5, 0.6) is 0 Å². The lowest BCUT2D eigenvalue weighted by Crippen LogP contribution is -2.21. The highest BCUT2D eigenvalue weighted by atomic mass is 32.1. The van der Waals surface area contributed by atoms with Gasteiger partial charge in [-0.1, -0.05) is 0 Å². The van der Waals surface area contributed by atoms with Crippen LogP contribution in [0.2, 0.25) is 0 Å². The fraction of sp³-hybridized carbons (Fsp3) is 0.0714. The van der Waals surface area contributed by atoms with Crippen molar-refractivity contribution in [3.63, 3.8) is 0 Å². The molecule has 2 aromatic heterocycles. The van der Waals surface area contributed by atoms with Gasteiger partial charge in [0.05, 0.1) is 5.69 Å². The quantitative estimate of drug-likeness (QED) is 0.692. The molecule has 0 atom stereocenters. The molecule has 0 saturated carbocycles. The van der Waals surface area contributed by atoms with E-state index in [1.807, 2.05) is 0 Å². The van der Waals surface area contributed by atoms with Crippen LogP contribution in [0.3, 0.4) is 0 Å². The van der Waals surface area contributed by atoms with E-state index in [0.29, 0.717) is 5.69 Å². The molecule has 3 aromatic rings. The highest BCUT2D eigenvalue weighted by molar-refractivity contribution is 7.12. The van der Waals surface area contributed by atoms with Gasteiger partial charge in [0.15, 0.2) is 18.2 Å². The second-order valence-electron chi connectivity index (χ2n) is 4.64. The first-order valence-electron chi connectivity index (χ1n) is 6.77. The topological polar surface area (TPSA) is 99.0 Å². The van der Waals surface area contributed by atoms with Gasteiger partial charge in [0.2, 0.25) is 0 Å². The van der Waals surface area contributed by atoms with Crippen molar-refractivity contribution >= 4 is 28.9 Å². The Bertz CT molecular complexity index is 913. The molecule has 1 aromatic carbocycles. The standard InChI is InChI=1S/C14H9F2N5O3S/c15-9-2-1-8(5-10(9)16)18-12(22)6-24-14(23)13-11(3-4-25-13)21-7-17-19-20-21/h1-5,7H,6H2,(H,18,22). The molecule has 0 saturated heterocycles. The molecule has 0 aliphatic rings. The minimum Gasteiger partial charge on any atom is -0.451 e. The fourth-order valence-electron chi connectivity index (χ4n) is 1.87. The second-order valence-corrected chi connectivity index (χ2v) is 5.56. The number of nitrogens with zero attached hydrogens (tertiary/aromatic N) is 4. The summed E-state index contributed by atoms with van der Waals surface area (Å²) in [7, 11) is 0. The van der Waals surface area contributed by atoms with Gasteiger partial charge in [-0.25, -0.2) is 13.6 Å². The van der Waals surface area contributed by atoms with Gasteiger partial charge in [-0.2, -0.15) is 4.68 Å². The first kappa shape index (κ1) is 16.6. The SMILES string of the molecule is O=C(COC(=O)c1sccc1-n1cnnn1)Nc1ccc(F)c(F)c1. The fourth-order valence-corrected chi connectivity index (χ4v) is 2.65. The van der Waals surface area contributed by atoms with Crippen LogP contribution in [-0.2, 0) is 9.53 Å². The number of anilines is 1. The number of aromatic nitrogens is 4. The molecule has 8 nitrogen and oxygen atoms in total. The molecular weight excluding hydrogens is 356 g/mol. The van der Waals surface area contributed by atoms with Crippen LogP contribution in [0.15, 0.2) is 36.0 Å². The third-order valence-corrected chi connectivity index (χ3v) is 3.85. The molecule has 0 aliphatic heterocycles. The second kappa shape index (κ2) is 7.13. The van der Waals surface area contributed by atoms with Gasteiger partial charge in [0.25, 0.3) is 5.91 Å². The Balaban J connectivity index is 1.60. The Kier molecular flexibility index (Phi) is 4.75. The number of hydrogen-bond acceptors (Lipinski definition) is 7. The number of nitrogens with one attached hydrogen (secondary N) is 1. The number of tetrazole rings is 1. The molecule has 0 aliphatic carbocycles. The van der Waals surface area contributed by atoms with Gasteiger partial charge >= 0.3 is 5.97 Å². The summed E-state index contributed by atoms with van der Waals surface area (Å²) in [6.45, 7) is -0.592. The number of amides is 1. The number of benzene rings is 1. The number of carbonyl (C=O) groups is 2. The van der Waals surface area contributed by atoms with E-state index in [9.17, 15) is 18.4 Å². The summed E-state index contributed by atoms with van der Waals surface area (Å²) in [5.74, 6) is -3.56. The average Bonchev–Trinajstić information content (AvgIpc) is 3.26. The summed E-state index contributed by atoms with van der Waals surface area (Å²) >= 11 is 1.10. The van der Waals surface area contributed by atoms with Crippen molar-refractivity contribution in [3.05, 3.63) is 52.5 Å². The number of hydrogen-bond donors (Lipinski definition) is 1. The zero-order chi connectivity index (χ0) is 17.8. The first-order valence-corrected chi connectivity index (χ1v) is 7.65. The summed E-state index contributed by atoms with van der Waals surface area (Å²) in [6, 6.07) is 4.51. The van der Waals surface area contributed by atoms with Crippen molar-refractivity contribution in [1.82, 2.24) is 20.2 Å². The molecule has 25 heavy (non-hydrogen) atoms. The Hall–Kier alpha value is -3.21. The van der Waals surface area contributed by atoms with E-state index in [4.69, 9.17) is 4.74 Å². The van der Waals surface area contributed by atoms with Crippen molar-refractivity contribution < 1.29 is 23.1 Å². The minimum atomic E-state index is -1.10. The van der Waals surface area contributed by atoms with Crippen molar-refractivity contribution in [1.29, 1.82) is 0 Å². The Morgan fingerprint density at radius 1 is 1.24 bits per heavy atom. The molecule has 1 N–H and O–H groups in total. The highest BCUT2D eigenvalue weighted by Crippen LogP contribution is 2.21. The van der Waals surface area contributed by atoms with E-state index in [0.717, 1.165) is 23.5 Å². The van der Waals surface area contributed by atoms with E-state index in [2.05, 4.69) is 20.8 Å². The van der Waals surface area contributed by atoms with E-state index in [-0.39, 0.29) is 10.6 Å². The molecule has 0 spiro atoms. The molecule has 3 rings (SSSR count). The number of rotatable bonds is 5. The van der Waals surface area contributed by atoms with Gasteiger partial charge in [0.1, 0.15) is 11.2 Å². The van der Waals surface area contributed by atoms with Crippen LogP contribution in [0.1, 0.15) is 9.67 Å². The lowest BCUT2D eigenvalue weighted by atomic mass is 10.3. The predicted molar refractivity (Wildman–Crippen MR) is 82.3 cm³/mol. The lowest BCUT2D eigenvalue weighted by molar-refractivity contribution is -0.119. The number of ether oxygens (including phenoxy) is 1. The van der Waals surface area contributed by atoms with Crippen molar-refractivity contribution in [2.24, 2.45) is 0 Å². The molecule has 0 unspecified atom stereocenters. The van der Waals surface area contributed by atoms with Crippen LogP contribution in [0.4, 0.5) is 14.5 Å². The Morgan fingerprint density at radius 3 is 2.80 bits per heavy atom. The number of halogens is 2. The Labute approximate surface area is 143 Å². The summed E-state index contributed by atoms with van der Waals surface area (Å²) in [4.78, 5) is 24.1. The van der Waals surface area contributed by atoms with Gasteiger partial charge < -0.3 is 10.1 Å². The van der Waals surface area contributed by atoms with E-state index < -0.39 is 30.1 Å². The van der Waals surface area contributed by atoms with Crippen LogP contribution in [0, 0.1) is 11.6 Å². The maximum Gasteiger partial charge on any atom is 0.351 e. The number of thiophene rings is 1. The van der Waals surface area contributed by atoms with E-state index in [1.165, 1.54) is 17.1 Å². The molecule has 128 valence electrons. The van der Waals surface area contributed by atoms with Gasteiger partial charge in [-0.05, 0) is 34.0 Å². The maximum absolute atomic E-state index is 13.1. The molecular formula is C14H9F2N5O3S. The highest BCUT2D eigenvalue weighted by Gasteiger charge is 2.18. The Morgan fingerprint density at radius 2 is 2.08 bits per heavy atom. The van der Waals surface area contributed by atoms with Gasteiger partial charge in [0, 0.05) is 11.8 Å². The van der Waals surface area contributed by atoms with Crippen molar-refractivity contribution in [3.8, 4) is 5.69 Å². The minimum absolute atomic E-state index is 0.0467. The first-order chi connectivity index (χ1) is 12.0. The third kappa shape index (κ3) is 3.83. The predicted octanol–water partition coefficient (Wildman–Crippen LogP) is 1.80. The number of carbonyl (C=O) groups excluding carboxylic acids is 2. The van der Waals surface area contributed by atoms with E-state index in [1.54, 1.807) is 11.4 Å². The normalized spacial score (nSPS) is 10.5. The molecule has 0 bridgehead atoms. The summed E-state index contributed by atoms with van der Waals surface area (Å²) in [5, 5.41) is 14.6. The summed E-state index contributed by atoms with van der Waals surface area (Å²) in [5.41, 5.74) is 0.464. The summed E-state index contributed by atoms with van der Waals surface area (Å²) < 4.78 is 32.1. The van der Waals surface area contributed by atoms with Crippen LogP contribution in [-0.4, -0.2) is 38.7 Å². The van der Waals surface area contributed by atoms with Crippen LogP contribution in [0.25, 0.3) is 5.69 Å². The molecule has 1 amide bonds. The average molecular weight is 365 g/mol. The summed E-state index contributed by atoms with van der Waals surface area (Å²) in [6.07, 6.45) is 1.31. The smallest absolute Gasteiger partial charge is 0.351 e. The number of esters is 1. The monoisotopic (exact) mass is 365 g/mol. The molecule has 11 heteroatoms. The lowest BCUT2D eigenvalue weighted by Gasteiger charge is -2.07. The van der Waals surface area contributed by atoms with Crippen molar-refractivity contribution in [2.75, 3.05) is 11.9 Å². The zero-order valence-corrected chi connectivity index (χ0v) is 13.2. The van der Waals surface area contributed by atoms with Crippen LogP contribution < -0.4 is 5.32 Å². The zero-order valence-electron chi connectivity index (χ0n) is 12.3. The van der Waals surface area contributed by atoms with Crippen LogP contribution >= 0.6 is 11.3 Å². The molecule has 0 radical (unpaired) electrons. The van der Waals surface area contributed by atoms with Gasteiger partial charge in [-0.3, -0.25) is 4.79 Å². The largest absolute Gasteiger partial charge is 0.451 e.